The number of aliphatic hydroxyl groups is 1. The Balaban J connectivity index is 1.53. The highest BCUT2D eigenvalue weighted by atomic mass is 16.3. The van der Waals surface area contributed by atoms with E-state index in [1.165, 1.54) is 0 Å². The zero-order chi connectivity index (χ0) is 15.5. The third kappa shape index (κ3) is 3.27. The molecule has 0 bridgehead atoms. The van der Waals surface area contributed by atoms with Crippen molar-refractivity contribution in [2.75, 3.05) is 26.2 Å². The molecule has 3 unspecified atom stereocenters. The Bertz CT molecular complexity index is 423. The molecule has 0 aromatic carbocycles. The Labute approximate surface area is 131 Å². The Morgan fingerprint density at radius 1 is 1.14 bits per heavy atom. The average molecular weight is 309 g/mol. The molecule has 3 rings (SSSR count). The van der Waals surface area contributed by atoms with Gasteiger partial charge in [-0.05, 0) is 25.7 Å². The molecule has 1 saturated carbocycles. The van der Waals surface area contributed by atoms with Crippen molar-refractivity contribution in [2.45, 2.75) is 50.7 Å². The molecule has 2 heterocycles. The van der Waals surface area contributed by atoms with E-state index in [1.807, 2.05) is 0 Å². The van der Waals surface area contributed by atoms with Crippen LogP contribution in [0.25, 0.3) is 0 Å². The number of carbonyl (C=O) groups excluding carboxylic acids is 2. The van der Waals surface area contributed by atoms with Gasteiger partial charge in [0.1, 0.15) is 6.04 Å². The van der Waals surface area contributed by atoms with Crippen LogP contribution in [0.4, 0.5) is 0 Å². The Morgan fingerprint density at radius 2 is 1.91 bits per heavy atom. The highest BCUT2D eigenvalue weighted by Crippen LogP contribution is 2.29. The number of rotatable bonds is 4. The van der Waals surface area contributed by atoms with E-state index in [2.05, 4.69) is 10.6 Å². The minimum absolute atomic E-state index is 0.0528. The van der Waals surface area contributed by atoms with E-state index in [-0.39, 0.29) is 35.8 Å². The first-order chi connectivity index (χ1) is 10.7. The summed E-state index contributed by atoms with van der Waals surface area (Å²) in [5.74, 6) is 0.333. The van der Waals surface area contributed by atoms with E-state index in [4.69, 9.17) is 0 Å². The Morgan fingerprint density at radius 3 is 2.59 bits per heavy atom. The summed E-state index contributed by atoms with van der Waals surface area (Å²) in [4.78, 5) is 26.8. The van der Waals surface area contributed by atoms with Crippen molar-refractivity contribution in [3.8, 4) is 0 Å². The van der Waals surface area contributed by atoms with Gasteiger partial charge in [-0.15, -0.1) is 0 Å². The van der Waals surface area contributed by atoms with Crippen LogP contribution in [0.5, 0.6) is 0 Å². The van der Waals surface area contributed by atoms with Crippen molar-refractivity contribution >= 4 is 11.8 Å². The molecule has 2 amide bonds. The summed E-state index contributed by atoms with van der Waals surface area (Å²) in [7, 11) is 0. The minimum Gasteiger partial charge on any atom is -0.391 e. The fraction of sp³-hybridized carbons (Fsp3) is 0.875. The second-order valence-corrected chi connectivity index (χ2v) is 6.90. The molecule has 3 N–H and O–H groups in total. The first-order valence-corrected chi connectivity index (χ1v) is 8.64. The predicted molar refractivity (Wildman–Crippen MR) is 82.1 cm³/mol. The second-order valence-electron chi connectivity index (χ2n) is 6.90. The molecule has 0 radical (unpaired) electrons. The highest BCUT2D eigenvalue weighted by Gasteiger charge is 2.38. The average Bonchev–Trinajstić information content (AvgIpc) is 3.25. The smallest absolute Gasteiger partial charge is 0.242 e. The first kappa shape index (κ1) is 15.7. The van der Waals surface area contributed by atoms with Crippen LogP contribution >= 0.6 is 0 Å². The summed E-state index contributed by atoms with van der Waals surface area (Å²) in [6, 6.07) is -0.306. The zero-order valence-corrected chi connectivity index (χ0v) is 13.1. The number of aliphatic hydroxyl groups excluding tert-OH is 1. The maximum Gasteiger partial charge on any atom is 0.242 e. The zero-order valence-electron chi connectivity index (χ0n) is 13.1. The molecule has 6 heteroatoms. The monoisotopic (exact) mass is 309 g/mol. The van der Waals surface area contributed by atoms with Crippen LogP contribution in [0.2, 0.25) is 0 Å². The lowest BCUT2D eigenvalue weighted by Gasteiger charge is -2.27. The third-order valence-electron chi connectivity index (χ3n) is 5.39. The molecule has 6 nitrogen and oxygen atoms in total. The van der Waals surface area contributed by atoms with Gasteiger partial charge in [0.05, 0.1) is 6.10 Å². The van der Waals surface area contributed by atoms with Gasteiger partial charge in [-0.2, -0.15) is 0 Å². The van der Waals surface area contributed by atoms with E-state index in [9.17, 15) is 14.7 Å². The number of amides is 2. The summed E-state index contributed by atoms with van der Waals surface area (Å²) in [5, 5.41) is 15.8. The summed E-state index contributed by atoms with van der Waals surface area (Å²) in [6.45, 7) is 2.52. The molecule has 3 atom stereocenters. The molecule has 22 heavy (non-hydrogen) atoms. The standard InChI is InChI=1S/C16H27N3O3/c20-14-10-17-8-12(14)9-18-15(21)13-6-3-7-19(13)16(22)11-4-1-2-5-11/h11-14,17,20H,1-10H2,(H,18,21). The number of β-amino-alcohol motifs (C(OH)–C–C–N with tert-alkyl or cyclic N) is 1. The number of nitrogens with one attached hydrogen (secondary N) is 2. The van der Waals surface area contributed by atoms with Gasteiger partial charge in [0.25, 0.3) is 0 Å². The second kappa shape index (κ2) is 6.96. The fourth-order valence-electron chi connectivity index (χ4n) is 3.99. The van der Waals surface area contributed by atoms with Gasteiger partial charge in [-0.3, -0.25) is 9.59 Å². The largest absolute Gasteiger partial charge is 0.391 e. The number of nitrogens with zero attached hydrogens (tertiary/aromatic N) is 1. The lowest BCUT2D eigenvalue weighted by atomic mass is 10.0. The van der Waals surface area contributed by atoms with Gasteiger partial charge in [0.2, 0.25) is 11.8 Å². The predicted octanol–water partition coefficient (Wildman–Crippen LogP) is -0.136. The van der Waals surface area contributed by atoms with Crippen LogP contribution in [-0.4, -0.2) is 60.1 Å². The Kier molecular flexibility index (Phi) is 4.98. The molecule has 3 aliphatic rings. The van der Waals surface area contributed by atoms with E-state index in [1.54, 1.807) is 4.90 Å². The van der Waals surface area contributed by atoms with Crippen LogP contribution in [0.15, 0.2) is 0 Å². The van der Waals surface area contributed by atoms with Gasteiger partial charge in [-0.1, -0.05) is 12.8 Å². The Hall–Kier alpha value is -1.14. The molecule has 0 aromatic heterocycles. The maximum absolute atomic E-state index is 12.6. The van der Waals surface area contributed by atoms with Gasteiger partial charge in [0.15, 0.2) is 0 Å². The first-order valence-electron chi connectivity index (χ1n) is 8.64. The molecule has 2 aliphatic heterocycles. The molecule has 124 valence electrons. The quantitative estimate of drug-likeness (QED) is 0.675. The van der Waals surface area contributed by atoms with Crippen LogP contribution in [-0.2, 0) is 9.59 Å². The van der Waals surface area contributed by atoms with Gasteiger partial charge in [0, 0.05) is 38.0 Å². The summed E-state index contributed by atoms with van der Waals surface area (Å²) < 4.78 is 0. The molecular weight excluding hydrogens is 282 g/mol. The lowest BCUT2D eigenvalue weighted by Crippen LogP contribution is -2.49. The number of carbonyl (C=O) groups is 2. The minimum atomic E-state index is -0.389. The molecular formula is C16H27N3O3. The number of hydrogen-bond acceptors (Lipinski definition) is 4. The van der Waals surface area contributed by atoms with Crippen molar-refractivity contribution in [3.05, 3.63) is 0 Å². The topological polar surface area (TPSA) is 81.7 Å². The normalized spacial score (nSPS) is 32.6. The van der Waals surface area contributed by atoms with E-state index >= 15 is 0 Å². The fourth-order valence-corrected chi connectivity index (χ4v) is 3.99. The lowest BCUT2D eigenvalue weighted by molar-refractivity contribution is -0.141. The van der Waals surface area contributed by atoms with Crippen LogP contribution in [0, 0.1) is 11.8 Å². The highest BCUT2D eigenvalue weighted by molar-refractivity contribution is 5.89. The van der Waals surface area contributed by atoms with Crippen molar-refractivity contribution in [3.63, 3.8) is 0 Å². The SMILES string of the molecule is O=C(NCC1CNCC1O)C1CCCN1C(=O)C1CCCC1. The number of hydrogen-bond donors (Lipinski definition) is 3. The van der Waals surface area contributed by atoms with Crippen molar-refractivity contribution in [2.24, 2.45) is 11.8 Å². The maximum atomic E-state index is 12.6. The van der Waals surface area contributed by atoms with Crippen molar-refractivity contribution < 1.29 is 14.7 Å². The number of likely N-dealkylation sites (tertiary alicyclic amines) is 1. The van der Waals surface area contributed by atoms with E-state index in [0.717, 1.165) is 45.1 Å². The van der Waals surface area contributed by atoms with Crippen LogP contribution in [0.3, 0.4) is 0 Å². The van der Waals surface area contributed by atoms with Crippen molar-refractivity contribution in [1.29, 1.82) is 0 Å². The van der Waals surface area contributed by atoms with Gasteiger partial charge in [-0.25, -0.2) is 0 Å². The van der Waals surface area contributed by atoms with E-state index < -0.39 is 0 Å². The van der Waals surface area contributed by atoms with Crippen molar-refractivity contribution in [1.82, 2.24) is 15.5 Å². The molecule has 3 fully saturated rings. The van der Waals surface area contributed by atoms with Gasteiger partial charge >= 0.3 is 0 Å². The van der Waals surface area contributed by atoms with Gasteiger partial charge < -0.3 is 20.6 Å². The van der Waals surface area contributed by atoms with Crippen LogP contribution < -0.4 is 10.6 Å². The van der Waals surface area contributed by atoms with E-state index in [0.29, 0.717) is 19.6 Å². The third-order valence-corrected chi connectivity index (χ3v) is 5.39. The summed E-state index contributed by atoms with van der Waals surface area (Å²) in [6.07, 6.45) is 5.49. The molecule has 1 aliphatic carbocycles. The molecule has 0 spiro atoms. The summed E-state index contributed by atoms with van der Waals surface area (Å²) in [5.41, 5.74) is 0. The van der Waals surface area contributed by atoms with Crippen LogP contribution in [0.1, 0.15) is 38.5 Å². The summed E-state index contributed by atoms with van der Waals surface area (Å²) >= 11 is 0. The molecule has 2 saturated heterocycles. The molecule has 0 aromatic rings.